The van der Waals surface area contributed by atoms with E-state index < -0.39 is 17.5 Å². The third kappa shape index (κ3) is 3.60. The monoisotopic (exact) mass is 353 g/mol. The van der Waals surface area contributed by atoms with Gasteiger partial charge in [-0.05, 0) is 39.0 Å². The van der Waals surface area contributed by atoms with Crippen molar-refractivity contribution in [1.82, 2.24) is 9.78 Å². The van der Waals surface area contributed by atoms with Gasteiger partial charge in [0.15, 0.2) is 5.69 Å². The molecule has 2 aromatic rings. The maximum Gasteiger partial charge on any atom is 0.328 e. The lowest BCUT2D eigenvalue weighted by molar-refractivity contribution is -0.155. The minimum atomic E-state index is -0.638. The van der Waals surface area contributed by atoms with Crippen molar-refractivity contribution in [2.75, 3.05) is 0 Å². The number of ether oxygens (including phenoxy) is 1. The summed E-state index contributed by atoms with van der Waals surface area (Å²) in [4.78, 5) is 23.4. The highest BCUT2D eigenvalue weighted by Crippen LogP contribution is 2.23. The Morgan fingerprint density at radius 3 is 2.62 bits per heavy atom. The third-order valence-corrected chi connectivity index (χ3v) is 3.14. The molecule has 0 radical (unpaired) electrons. The van der Waals surface area contributed by atoms with Gasteiger partial charge < -0.3 is 10.5 Å². The first kappa shape index (κ1) is 15.5. The molecule has 0 saturated carbocycles. The lowest BCUT2D eigenvalue weighted by atomic mass is 10.2. The van der Waals surface area contributed by atoms with E-state index >= 15 is 0 Å². The largest absolute Gasteiger partial charge is 0.459 e. The Morgan fingerprint density at radius 1 is 1.38 bits per heavy atom. The summed E-state index contributed by atoms with van der Waals surface area (Å²) in [5.74, 6) is -1.06. The van der Waals surface area contributed by atoms with Gasteiger partial charge in [-0.25, -0.2) is 0 Å². The number of carbonyl (C=O) groups excluding carboxylic acids is 2. The highest BCUT2D eigenvalue weighted by molar-refractivity contribution is 9.10. The number of nitrogens with zero attached hydrogens (tertiary/aromatic N) is 2. The molecule has 2 rings (SSSR count). The molecule has 21 heavy (non-hydrogen) atoms. The lowest BCUT2D eigenvalue weighted by Gasteiger charge is -2.19. The lowest BCUT2D eigenvalue weighted by Crippen LogP contribution is -2.27. The summed E-state index contributed by atoms with van der Waals surface area (Å²) in [5.41, 5.74) is 5.54. The number of nitrogens with two attached hydrogens (primary N) is 1. The molecule has 0 atom stereocenters. The summed E-state index contributed by atoms with van der Waals surface area (Å²) >= 11 is 3.33. The first-order valence-electron chi connectivity index (χ1n) is 6.35. The maximum atomic E-state index is 11.9. The van der Waals surface area contributed by atoms with E-state index in [2.05, 4.69) is 21.0 Å². The highest BCUT2D eigenvalue weighted by Gasteiger charge is 2.20. The fourth-order valence-electron chi connectivity index (χ4n) is 1.95. The quantitative estimate of drug-likeness (QED) is 0.857. The molecular weight excluding hydrogens is 338 g/mol. The van der Waals surface area contributed by atoms with Crippen LogP contribution in [-0.2, 0) is 16.1 Å². The van der Waals surface area contributed by atoms with Gasteiger partial charge in [0.25, 0.3) is 5.91 Å². The average Bonchev–Trinajstić information content (AvgIpc) is 2.64. The smallest absolute Gasteiger partial charge is 0.328 e. The Kier molecular flexibility index (Phi) is 4.04. The maximum absolute atomic E-state index is 11.9. The van der Waals surface area contributed by atoms with Gasteiger partial charge in [0.1, 0.15) is 12.1 Å². The topological polar surface area (TPSA) is 87.2 Å². The van der Waals surface area contributed by atoms with Crippen LogP contribution in [0.4, 0.5) is 0 Å². The van der Waals surface area contributed by atoms with Crippen LogP contribution >= 0.6 is 15.9 Å². The van der Waals surface area contributed by atoms with Crippen molar-refractivity contribution in [2.45, 2.75) is 32.9 Å². The molecule has 0 unspecified atom stereocenters. The van der Waals surface area contributed by atoms with Crippen molar-refractivity contribution in [2.24, 2.45) is 5.73 Å². The van der Waals surface area contributed by atoms with E-state index in [1.165, 1.54) is 4.68 Å². The second-order valence-electron chi connectivity index (χ2n) is 5.62. The molecule has 0 fully saturated rings. The zero-order chi connectivity index (χ0) is 15.8. The van der Waals surface area contributed by atoms with Crippen LogP contribution in [0.25, 0.3) is 10.9 Å². The number of carbonyl (C=O) groups is 2. The third-order valence-electron chi connectivity index (χ3n) is 2.64. The van der Waals surface area contributed by atoms with Crippen molar-refractivity contribution in [1.29, 1.82) is 0 Å². The van der Waals surface area contributed by atoms with E-state index in [-0.39, 0.29) is 12.2 Å². The number of benzene rings is 1. The van der Waals surface area contributed by atoms with Crippen LogP contribution in [0.5, 0.6) is 0 Å². The number of rotatable bonds is 3. The molecule has 0 aliphatic heterocycles. The minimum absolute atomic E-state index is 0.0807. The number of fused-ring (bicyclic) bond motifs is 1. The summed E-state index contributed by atoms with van der Waals surface area (Å²) in [6.45, 7) is 5.29. The van der Waals surface area contributed by atoms with Crippen molar-refractivity contribution in [3.63, 3.8) is 0 Å². The summed E-state index contributed by atoms with van der Waals surface area (Å²) < 4.78 is 7.49. The standard InChI is InChI=1S/C14H16BrN3O3/c1-14(2,3)21-11(19)7-18-10-5-4-8(15)6-9(10)12(17-18)13(16)20/h4-6H,7H2,1-3H3,(H2,16,20). The molecule has 6 nitrogen and oxygen atoms in total. The van der Waals surface area contributed by atoms with Crippen molar-refractivity contribution in [3.8, 4) is 0 Å². The molecule has 7 heteroatoms. The van der Waals surface area contributed by atoms with Crippen LogP contribution in [0.2, 0.25) is 0 Å². The van der Waals surface area contributed by atoms with E-state index in [1.807, 2.05) is 0 Å². The second kappa shape index (κ2) is 5.48. The van der Waals surface area contributed by atoms with Crippen molar-refractivity contribution < 1.29 is 14.3 Å². The zero-order valence-corrected chi connectivity index (χ0v) is 13.6. The van der Waals surface area contributed by atoms with Gasteiger partial charge in [-0.2, -0.15) is 5.10 Å². The minimum Gasteiger partial charge on any atom is -0.459 e. The summed E-state index contributed by atoms with van der Waals surface area (Å²) in [6, 6.07) is 5.32. The van der Waals surface area contributed by atoms with Gasteiger partial charge in [0.2, 0.25) is 0 Å². The number of hydrogen-bond acceptors (Lipinski definition) is 4. The first-order valence-corrected chi connectivity index (χ1v) is 7.14. The van der Waals surface area contributed by atoms with Crippen molar-refractivity contribution >= 4 is 38.7 Å². The number of amides is 1. The van der Waals surface area contributed by atoms with E-state index in [0.29, 0.717) is 10.9 Å². The second-order valence-corrected chi connectivity index (χ2v) is 6.53. The average molecular weight is 354 g/mol. The Hall–Kier alpha value is -1.89. The van der Waals surface area contributed by atoms with Gasteiger partial charge >= 0.3 is 5.97 Å². The Bertz CT molecular complexity index is 716. The Labute approximate surface area is 130 Å². The number of primary amides is 1. The van der Waals surface area contributed by atoms with Gasteiger partial charge in [-0.15, -0.1) is 0 Å². The van der Waals surface area contributed by atoms with E-state index in [0.717, 1.165) is 4.47 Å². The molecule has 0 aliphatic rings. The van der Waals surface area contributed by atoms with E-state index in [1.54, 1.807) is 39.0 Å². The Balaban J connectivity index is 2.41. The molecule has 0 aliphatic carbocycles. The molecular formula is C14H16BrN3O3. The SMILES string of the molecule is CC(C)(C)OC(=O)Cn1nc(C(N)=O)c2cc(Br)ccc21. The molecule has 2 N–H and O–H groups in total. The van der Waals surface area contributed by atoms with Crippen LogP contribution < -0.4 is 5.73 Å². The van der Waals surface area contributed by atoms with Crippen molar-refractivity contribution in [3.05, 3.63) is 28.4 Å². The molecule has 0 saturated heterocycles. The predicted molar refractivity (Wildman–Crippen MR) is 81.8 cm³/mol. The highest BCUT2D eigenvalue weighted by atomic mass is 79.9. The molecule has 1 aromatic heterocycles. The summed E-state index contributed by atoms with van der Waals surface area (Å²) in [6.07, 6.45) is 0. The van der Waals surface area contributed by atoms with Crippen LogP contribution in [0, 0.1) is 0 Å². The van der Waals surface area contributed by atoms with Gasteiger partial charge in [0, 0.05) is 9.86 Å². The van der Waals surface area contributed by atoms with Gasteiger partial charge in [0.05, 0.1) is 5.52 Å². The number of halogens is 1. The normalized spacial score (nSPS) is 11.6. The fourth-order valence-corrected chi connectivity index (χ4v) is 2.31. The van der Waals surface area contributed by atoms with Crippen LogP contribution in [0.1, 0.15) is 31.3 Å². The molecule has 1 heterocycles. The summed E-state index contributed by atoms with van der Waals surface area (Å²) in [7, 11) is 0. The first-order chi connectivity index (χ1) is 9.67. The van der Waals surface area contributed by atoms with Crippen LogP contribution in [0.3, 0.4) is 0 Å². The molecule has 0 bridgehead atoms. The van der Waals surface area contributed by atoms with Gasteiger partial charge in [-0.3, -0.25) is 14.3 Å². The number of esters is 1. The number of hydrogen-bond donors (Lipinski definition) is 1. The van der Waals surface area contributed by atoms with Crippen LogP contribution in [0.15, 0.2) is 22.7 Å². The fraction of sp³-hybridized carbons (Fsp3) is 0.357. The number of aromatic nitrogens is 2. The zero-order valence-electron chi connectivity index (χ0n) is 12.0. The van der Waals surface area contributed by atoms with E-state index in [9.17, 15) is 9.59 Å². The van der Waals surface area contributed by atoms with E-state index in [4.69, 9.17) is 10.5 Å². The predicted octanol–water partition coefficient (Wildman–Crippen LogP) is 2.24. The molecule has 112 valence electrons. The van der Waals surface area contributed by atoms with Gasteiger partial charge in [-0.1, -0.05) is 15.9 Å². The summed E-state index contributed by atoms with van der Waals surface area (Å²) in [5, 5.41) is 4.72. The molecule has 1 aromatic carbocycles. The van der Waals surface area contributed by atoms with Crippen LogP contribution in [-0.4, -0.2) is 27.3 Å². The molecule has 1 amide bonds. The molecule has 0 spiro atoms. The Morgan fingerprint density at radius 2 is 2.05 bits per heavy atom.